The van der Waals surface area contributed by atoms with E-state index in [-0.39, 0.29) is 17.1 Å². The molecular weight excluding hydrogens is 226 g/mol. The van der Waals surface area contributed by atoms with Crippen molar-refractivity contribution in [2.45, 2.75) is 59.8 Å². The van der Waals surface area contributed by atoms with E-state index in [0.717, 1.165) is 25.8 Å². The van der Waals surface area contributed by atoms with E-state index in [9.17, 15) is 9.59 Å². The minimum atomic E-state index is 0.159. The molecule has 0 radical (unpaired) electrons. The molecule has 0 aromatic heterocycles. The molecule has 0 spiro atoms. The van der Waals surface area contributed by atoms with Gasteiger partial charge < -0.3 is 4.90 Å². The summed E-state index contributed by atoms with van der Waals surface area (Å²) >= 11 is 0. The van der Waals surface area contributed by atoms with Gasteiger partial charge in [0.25, 0.3) is 0 Å². The molecule has 1 fully saturated rings. The van der Waals surface area contributed by atoms with Crippen molar-refractivity contribution in [3.8, 4) is 0 Å². The van der Waals surface area contributed by atoms with Gasteiger partial charge in [0, 0.05) is 19.4 Å². The first-order valence-electron chi connectivity index (χ1n) is 7.14. The van der Waals surface area contributed by atoms with Gasteiger partial charge in [-0.2, -0.15) is 0 Å². The highest BCUT2D eigenvalue weighted by Gasteiger charge is 2.30. The number of amides is 1. The van der Waals surface area contributed by atoms with Gasteiger partial charge in [0.2, 0.25) is 5.91 Å². The number of hydrogen-bond acceptors (Lipinski definition) is 2. The fraction of sp³-hybridized carbons (Fsp3) is 0.867. The third kappa shape index (κ3) is 4.43. The van der Waals surface area contributed by atoms with E-state index in [1.165, 1.54) is 0 Å². The average molecular weight is 253 g/mol. The lowest BCUT2D eigenvalue weighted by Crippen LogP contribution is -2.35. The van der Waals surface area contributed by atoms with Gasteiger partial charge in [0.05, 0.1) is 6.54 Å². The second-order valence-corrected chi connectivity index (χ2v) is 6.49. The summed E-state index contributed by atoms with van der Waals surface area (Å²) in [5, 5.41) is 0. The Hall–Kier alpha value is -0.860. The van der Waals surface area contributed by atoms with E-state index < -0.39 is 0 Å². The Morgan fingerprint density at radius 3 is 2.56 bits per heavy atom. The van der Waals surface area contributed by atoms with Crippen LogP contribution in [0.15, 0.2) is 0 Å². The van der Waals surface area contributed by atoms with Crippen LogP contribution < -0.4 is 0 Å². The molecule has 1 atom stereocenters. The van der Waals surface area contributed by atoms with Crippen LogP contribution in [0.5, 0.6) is 0 Å². The molecule has 1 rings (SSSR count). The fourth-order valence-electron chi connectivity index (χ4n) is 2.64. The van der Waals surface area contributed by atoms with E-state index in [2.05, 4.69) is 20.8 Å². The van der Waals surface area contributed by atoms with Crippen LogP contribution in [0, 0.1) is 11.3 Å². The molecular formula is C15H27NO2. The first kappa shape index (κ1) is 15.2. The van der Waals surface area contributed by atoms with Gasteiger partial charge in [-0.3, -0.25) is 9.59 Å². The van der Waals surface area contributed by atoms with Crippen LogP contribution >= 0.6 is 0 Å². The maximum absolute atomic E-state index is 12.0. The summed E-state index contributed by atoms with van der Waals surface area (Å²) in [7, 11) is 0. The lowest BCUT2D eigenvalue weighted by atomic mass is 9.77. The highest BCUT2D eigenvalue weighted by atomic mass is 16.2. The molecule has 1 unspecified atom stereocenters. The Morgan fingerprint density at radius 2 is 2.00 bits per heavy atom. The van der Waals surface area contributed by atoms with E-state index in [1.807, 2.05) is 6.92 Å². The van der Waals surface area contributed by atoms with Crippen molar-refractivity contribution in [1.29, 1.82) is 0 Å². The van der Waals surface area contributed by atoms with Crippen molar-refractivity contribution in [1.82, 2.24) is 4.90 Å². The van der Waals surface area contributed by atoms with Crippen molar-refractivity contribution >= 4 is 11.7 Å². The Morgan fingerprint density at radius 1 is 1.33 bits per heavy atom. The minimum absolute atomic E-state index is 0.159. The zero-order valence-electron chi connectivity index (χ0n) is 12.3. The maximum Gasteiger partial charge on any atom is 0.222 e. The number of carbonyl (C=O) groups excluding carboxylic acids is 2. The number of rotatable bonds is 4. The SMILES string of the molecule is CCCC(=O)CN1CCC(C(C)(C)C)CCC1=O. The highest BCUT2D eigenvalue weighted by Crippen LogP contribution is 2.34. The molecule has 1 heterocycles. The highest BCUT2D eigenvalue weighted by molar-refractivity contribution is 5.86. The van der Waals surface area contributed by atoms with Crippen molar-refractivity contribution in [3.05, 3.63) is 0 Å². The Balaban J connectivity index is 2.57. The Labute approximate surface area is 111 Å². The number of nitrogens with zero attached hydrogens (tertiary/aromatic N) is 1. The molecule has 104 valence electrons. The van der Waals surface area contributed by atoms with Crippen LogP contribution in [0.2, 0.25) is 0 Å². The molecule has 18 heavy (non-hydrogen) atoms. The van der Waals surface area contributed by atoms with Gasteiger partial charge in [-0.1, -0.05) is 27.7 Å². The van der Waals surface area contributed by atoms with E-state index in [4.69, 9.17) is 0 Å². The first-order valence-corrected chi connectivity index (χ1v) is 7.14. The fourth-order valence-corrected chi connectivity index (χ4v) is 2.64. The van der Waals surface area contributed by atoms with Gasteiger partial charge in [0.1, 0.15) is 0 Å². The molecule has 3 heteroatoms. The van der Waals surface area contributed by atoms with Crippen LogP contribution in [-0.4, -0.2) is 29.7 Å². The van der Waals surface area contributed by atoms with Crippen LogP contribution in [-0.2, 0) is 9.59 Å². The van der Waals surface area contributed by atoms with Gasteiger partial charge >= 0.3 is 0 Å². The van der Waals surface area contributed by atoms with Crippen LogP contribution in [0.1, 0.15) is 59.8 Å². The summed E-state index contributed by atoms with van der Waals surface area (Å²) in [5.74, 6) is 0.930. The van der Waals surface area contributed by atoms with Crippen LogP contribution in [0.3, 0.4) is 0 Å². The number of likely N-dealkylation sites (tertiary alicyclic amines) is 1. The van der Waals surface area contributed by atoms with Crippen LogP contribution in [0.25, 0.3) is 0 Å². The number of hydrogen-bond donors (Lipinski definition) is 0. The minimum Gasteiger partial charge on any atom is -0.335 e. The molecule has 3 nitrogen and oxygen atoms in total. The molecule has 0 saturated carbocycles. The molecule has 1 aliphatic heterocycles. The topological polar surface area (TPSA) is 37.4 Å². The normalized spacial score (nSPS) is 21.9. The van der Waals surface area contributed by atoms with E-state index in [1.54, 1.807) is 4.90 Å². The van der Waals surface area contributed by atoms with Crippen molar-refractivity contribution in [2.75, 3.05) is 13.1 Å². The van der Waals surface area contributed by atoms with Gasteiger partial charge in [-0.05, 0) is 30.6 Å². The first-order chi connectivity index (χ1) is 8.34. The molecule has 0 N–H and O–H groups in total. The third-order valence-corrected chi connectivity index (χ3v) is 3.93. The van der Waals surface area contributed by atoms with Gasteiger partial charge in [0.15, 0.2) is 5.78 Å². The average Bonchev–Trinajstić information content (AvgIpc) is 2.41. The molecule has 1 aliphatic rings. The second kappa shape index (κ2) is 6.35. The summed E-state index contributed by atoms with van der Waals surface area (Å²) in [5.41, 5.74) is 0.254. The lowest BCUT2D eigenvalue weighted by molar-refractivity contribution is -0.134. The van der Waals surface area contributed by atoms with Crippen molar-refractivity contribution in [2.24, 2.45) is 11.3 Å². The molecule has 0 aliphatic carbocycles. The van der Waals surface area contributed by atoms with E-state index >= 15 is 0 Å². The molecule has 0 aromatic rings. The molecule has 1 amide bonds. The summed E-state index contributed by atoms with van der Waals surface area (Å²) in [6, 6.07) is 0. The van der Waals surface area contributed by atoms with Crippen molar-refractivity contribution < 1.29 is 9.59 Å². The summed E-state index contributed by atoms with van der Waals surface area (Å²) in [6.07, 6.45) is 4.04. The monoisotopic (exact) mass is 253 g/mol. The van der Waals surface area contributed by atoms with E-state index in [0.29, 0.717) is 25.3 Å². The lowest BCUT2D eigenvalue weighted by Gasteiger charge is -2.29. The summed E-state index contributed by atoms with van der Waals surface area (Å²) in [6.45, 7) is 9.78. The largest absolute Gasteiger partial charge is 0.335 e. The predicted molar refractivity (Wildman–Crippen MR) is 73.3 cm³/mol. The van der Waals surface area contributed by atoms with Crippen LogP contribution in [0.4, 0.5) is 0 Å². The second-order valence-electron chi connectivity index (χ2n) is 6.49. The third-order valence-electron chi connectivity index (χ3n) is 3.93. The molecule has 1 saturated heterocycles. The maximum atomic E-state index is 12.0. The predicted octanol–water partition coefficient (Wildman–Crippen LogP) is 3.03. The molecule has 0 bridgehead atoms. The smallest absolute Gasteiger partial charge is 0.222 e. The van der Waals surface area contributed by atoms with Crippen molar-refractivity contribution in [3.63, 3.8) is 0 Å². The Kier molecular flexibility index (Phi) is 5.36. The zero-order valence-corrected chi connectivity index (χ0v) is 12.3. The number of carbonyl (C=O) groups is 2. The number of ketones is 1. The summed E-state index contributed by atoms with van der Waals surface area (Å²) in [4.78, 5) is 25.4. The van der Waals surface area contributed by atoms with Gasteiger partial charge in [-0.25, -0.2) is 0 Å². The quantitative estimate of drug-likeness (QED) is 0.772. The Bertz CT molecular complexity index is 304. The van der Waals surface area contributed by atoms with Gasteiger partial charge in [-0.15, -0.1) is 0 Å². The summed E-state index contributed by atoms with van der Waals surface area (Å²) < 4.78 is 0. The number of Topliss-reactive ketones (excluding diaryl/α,β-unsaturated/α-hetero) is 1. The zero-order chi connectivity index (χ0) is 13.8. The standard InChI is InChI=1S/C15H27NO2/c1-5-6-13(17)11-16-10-9-12(15(2,3)4)7-8-14(16)18/h12H,5-11H2,1-4H3. The molecule has 0 aromatic carbocycles.